The first-order chi connectivity index (χ1) is 11.8. The summed E-state index contributed by atoms with van der Waals surface area (Å²) in [5.41, 5.74) is 0.572. The Morgan fingerprint density at radius 1 is 1.24 bits per heavy atom. The topological polar surface area (TPSA) is 63.0 Å². The molecule has 0 amide bonds. The molecular weight excluding hydrogens is 353 g/mol. The highest BCUT2D eigenvalue weighted by Crippen LogP contribution is 2.29. The lowest BCUT2D eigenvalue weighted by Crippen LogP contribution is -2.05. The van der Waals surface area contributed by atoms with Crippen LogP contribution in [0.15, 0.2) is 42.9 Å². The summed E-state index contributed by atoms with van der Waals surface area (Å²) in [4.78, 5) is 5.08. The first-order valence-electron chi connectivity index (χ1n) is 7.42. The van der Waals surface area contributed by atoms with Gasteiger partial charge in [0, 0.05) is 11.1 Å². The second-order valence-corrected chi connectivity index (χ2v) is 6.56. The number of aromatic nitrogens is 3. The molecule has 2 N–H and O–H groups in total. The van der Waals surface area contributed by atoms with Crippen LogP contribution in [-0.4, -0.2) is 19.9 Å². The minimum Gasteiger partial charge on any atom is -0.386 e. The molecule has 1 unspecified atom stereocenters. The number of hydrogen-bond donors (Lipinski definition) is 2. The number of aliphatic hydroxyl groups is 1. The standard InChI is InChI=1S/C16H15F3N4OS/c1-10(24)15-21-8-14(25-15)7-20-12-6-22-23(9-12)13-4-2-11(3-5-13)16(17,18)19/h2-6,8-10,20,24H,7H2,1H3. The molecule has 9 heteroatoms. The summed E-state index contributed by atoms with van der Waals surface area (Å²) in [5, 5.41) is 17.4. The van der Waals surface area contributed by atoms with Gasteiger partial charge in [0.25, 0.3) is 0 Å². The molecule has 0 aliphatic rings. The van der Waals surface area contributed by atoms with Crippen LogP contribution in [0.3, 0.4) is 0 Å². The predicted octanol–water partition coefficient (Wildman–Crippen LogP) is 4.01. The van der Waals surface area contributed by atoms with Crippen LogP contribution in [0.5, 0.6) is 0 Å². The number of alkyl halides is 3. The van der Waals surface area contributed by atoms with E-state index in [4.69, 9.17) is 0 Å². The smallest absolute Gasteiger partial charge is 0.386 e. The molecule has 1 atom stereocenters. The first kappa shape index (κ1) is 17.4. The maximum absolute atomic E-state index is 12.6. The van der Waals surface area contributed by atoms with Crippen molar-refractivity contribution in [1.82, 2.24) is 14.8 Å². The third-order valence-corrected chi connectivity index (χ3v) is 4.60. The molecule has 0 saturated heterocycles. The van der Waals surface area contributed by atoms with Crippen molar-refractivity contribution < 1.29 is 18.3 Å². The van der Waals surface area contributed by atoms with E-state index in [2.05, 4.69) is 15.4 Å². The lowest BCUT2D eigenvalue weighted by molar-refractivity contribution is -0.137. The van der Waals surface area contributed by atoms with Crippen molar-refractivity contribution in [2.75, 3.05) is 5.32 Å². The number of nitrogens with zero attached hydrogens (tertiary/aromatic N) is 3. The van der Waals surface area contributed by atoms with Gasteiger partial charge in [-0.2, -0.15) is 18.3 Å². The van der Waals surface area contributed by atoms with Crippen molar-refractivity contribution in [3.8, 4) is 5.69 Å². The molecule has 2 heterocycles. The molecule has 1 aromatic carbocycles. The van der Waals surface area contributed by atoms with Gasteiger partial charge in [0.2, 0.25) is 0 Å². The average Bonchev–Trinajstić information content (AvgIpc) is 3.22. The van der Waals surface area contributed by atoms with E-state index >= 15 is 0 Å². The molecule has 0 spiro atoms. The van der Waals surface area contributed by atoms with Crippen LogP contribution in [-0.2, 0) is 12.7 Å². The van der Waals surface area contributed by atoms with Crippen LogP contribution >= 0.6 is 11.3 Å². The highest BCUT2D eigenvalue weighted by atomic mass is 32.1. The second kappa shape index (κ2) is 6.85. The maximum atomic E-state index is 12.6. The Morgan fingerprint density at radius 2 is 1.96 bits per heavy atom. The number of hydrogen-bond acceptors (Lipinski definition) is 5. The summed E-state index contributed by atoms with van der Waals surface area (Å²) in [6.07, 6.45) is 0.0314. The summed E-state index contributed by atoms with van der Waals surface area (Å²) in [6, 6.07) is 4.80. The molecule has 3 aromatic rings. The van der Waals surface area contributed by atoms with Crippen molar-refractivity contribution in [1.29, 1.82) is 0 Å². The van der Waals surface area contributed by atoms with Gasteiger partial charge in [-0.15, -0.1) is 11.3 Å². The van der Waals surface area contributed by atoms with E-state index in [1.54, 1.807) is 25.5 Å². The quantitative estimate of drug-likeness (QED) is 0.714. The minimum absolute atomic E-state index is 0.517. The normalized spacial score (nSPS) is 13.0. The summed E-state index contributed by atoms with van der Waals surface area (Å²) in [6.45, 7) is 2.17. The average molecular weight is 368 g/mol. The Balaban J connectivity index is 1.65. The van der Waals surface area contributed by atoms with Crippen LogP contribution in [0.25, 0.3) is 5.69 Å². The van der Waals surface area contributed by atoms with E-state index < -0.39 is 17.8 Å². The zero-order valence-electron chi connectivity index (χ0n) is 13.2. The number of nitrogens with one attached hydrogen (secondary N) is 1. The summed E-state index contributed by atoms with van der Waals surface area (Å²) < 4.78 is 39.3. The van der Waals surface area contributed by atoms with Gasteiger partial charge in [-0.25, -0.2) is 9.67 Å². The molecule has 25 heavy (non-hydrogen) atoms. The van der Waals surface area contributed by atoms with Crippen LogP contribution < -0.4 is 5.32 Å². The molecule has 0 aliphatic heterocycles. The summed E-state index contributed by atoms with van der Waals surface area (Å²) in [7, 11) is 0. The monoisotopic (exact) mass is 368 g/mol. The molecule has 0 radical (unpaired) electrons. The van der Waals surface area contributed by atoms with E-state index in [-0.39, 0.29) is 0 Å². The zero-order chi connectivity index (χ0) is 18.0. The fourth-order valence-corrected chi connectivity index (χ4v) is 2.94. The maximum Gasteiger partial charge on any atom is 0.416 e. The van der Waals surface area contributed by atoms with E-state index in [0.29, 0.717) is 17.2 Å². The van der Waals surface area contributed by atoms with Gasteiger partial charge in [-0.3, -0.25) is 0 Å². The molecule has 5 nitrogen and oxygen atoms in total. The molecule has 0 saturated carbocycles. The van der Waals surface area contributed by atoms with Crippen molar-refractivity contribution in [3.63, 3.8) is 0 Å². The molecule has 2 aromatic heterocycles. The Kier molecular flexibility index (Phi) is 4.78. The number of aliphatic hydroxyl groups excluding tert-OH is 1. The van der Waals surface area contributed by atoms with Crippen molar-refractivity contribution in [2.24, 2.45) is 0 Å². The van der Waals surface area contributed by atoms with Crippen molar-refractivity contribution in [3.05, 3.63) is 58.3 Å². The van der Waals surface area contributed by atoms with E-state index in [1.807, 2.05) is 0 Å². The molecule has 132 valence electrons. The lowest BCUT2D eigenvalue weighted by Gasteiger charge is -2.07. The van der Waals surface area contributed by atoms with Crippen LogP contribution in [0, 0.1) is 0 Å². The first-order valence-corrected chi connectivity index (χ1v) is 8.23. The van der Waals surface area contributed by atoms with Crippen molar-refractivity contribution >= 4 is 17.0 Å². The summed E-state index contributed by atoms with van der Waals surface area (Å²) >= 11 is 1.41. The Labute approximate surface area is 145 Å². The van der Waals surface area contributed by atoms with Crippen LogP contribution in [0.4, 0.5) is 18.9 Å². The number of rotatable bonds is 5. The number of anilines is 1. The highest BCUT2D eigenvalue weighted by molar-refractivity contribution is 7.11. The number of halogens is 3. The number of benzene rings is 1. The molecule has 3 rings (SSSR count). The molecular formula is C16H15F3N4OS. The van der Waals surface area contributed by atoms with Gasteiger partial charge >= 0.3 is 6.18 Å². The highest BCUT2D eigenvalue weighted by Gasteiger charge is 2.30. The zero-order valence-corrected chi connectivity index (χ0v) is 14.0. The Hall–Kier alpha value is -2.39. The van der Waals surface area contributed by atoms with E-state index in [9.17, 15) is 18.3 Å². The van der Waals surface area contributed by atoms with Gasteiger partial charge in [0.1, 0.15) is 11.1 Å². The molecule has 0 bridgehead atoms. The van der Waals surface area contributed by atoms with E-state index in [0.717, 1.165) is 22.7 Å². The van der Waals surface area contributed by atoms with Gasteiger partial charge in [0.15, 0.2) is 0 Å². The third kappa shape index (κ3) is 4.18. The van der Waals surface area contributed by atoms with Crippen LogP contribution in [0.1, 0.15) is 28.5 Å². The lowest BCUT2D eigenvalue weighted by atomic mass is 10.2. The number of thiazole rings is 1. The fourth-order valence-electron chi connectivity index (χ4n) is 2.15. The largest absolute Gasteiger partial charge is 0.416 e. The Bertz CT molecular complexity index is 840. The van der Waals surface area contributed by atoms with Gasteiger partial charge in [0.05, 0.1) is 35.9 Å². The summed E-state index contributed by atoms with van der Waals surface area (Å²) in [5.74, 6) is 0. The second-order valence-electron chi connectivity index (χ2n) is 5.41. The predicted molar refractivity (Wildman–Crippen MR) is 88.6 cm³/mol. The fraction of sp³-hybridized carbons (Fsp3) is 0.250. The molecule has 0 fully saturated rings. The van der Waals surface area contributed by atoms with Gasteiger partial charge in [-0.1, -0.05) is 0 Å². The molecule has 0 aliphatic carbocycles. The van der Waals surface area contributed by atoms with Crippen molar-refractivity contribution in [2.45, 2.75) is 25.7 Å². The van der Waals surface area contributed by atoms with Gasteiger partial charge in [-0.05, 0) is 31.2 Å². The minimum atomic E-state index is -4.35. The SMILES string of the molecule is CC(O)c1ncc(CNc2cnn(-c3ccc(C(F)(F)F)cc3)c2)s1. The Morgan fingerprint density at radius 3 is 2.56 bits per heavy atom. The van der Waals surface area contributed by atoms with E-state index in [1.165, 1.54) is 28.2 Å². The third-order valence-electron chi connectivity index (χ3n) is 3.44. The van der Waals surface area contributed by atoms with Gasteiger partial charge < -0.3 is 10.4 Å². The van der Waals surface area contributed by atoms with Crippen LogP contribution in [0.2, 0.25) is 0 Å².